The van der Waals surface area contributed by atoms with E-state index in [1.165, 1.54) is 0 Å². The Balaban J connectivity index is 3.13. The van der Waals surface area contributed by atoms with E-state index in [0.717, 1.165) is 16.2 Å². The highest BCUT2D eigenvalue weighted by molar-refractivity contribution is 7.13. The van der Waals surface area contributed by atoms with E-state index in [2.05, 4.69) is 0 Å². The van der Waals surface area contributed by atoms with Crippen molar-refractivity contribution in [3.8, 4) is 0 Å². The Morgan fingerprint density at radius 1 is 1.45 bits per heavy atom. The van der Waals surface area contributed by atoms with Crippen molar-refractivity contribution in [1.82, 2.24) is 0 Å². The molecule has 0 saturated heterocycles. The number of hydrogen-bond acceptors (Lipinski definition) is 1. The molecule has 0 aliphatic rings. The maximum absolute atomic E-state index is 12.1. The summed E-state index contributed by atoms with van der Waals surface area (Å²) >= 11 is 1.30. The fraction of sp³-hybridized carbons (Fsp3) is 0.333. The Bertz CT molecular complexity index is 263. The molecule has 0 fully saturated rings. The molecule has 1 rings (SSSR count). The summed E-state index contributed by atoms with van der Waals surface area (Å²) in [4.78, 5) is 0.323. The Morgan fingerprint density at radius 2 is 2.00 bits per heavy atom. The molecule has 0 unspecified atom stereocenters. The van der Waals surface area contributed by atoms with Crippen LogP contribution in [0.5, 0.6) is 0 Å². The molecule has 5 heteroatoms. The first-order valence-corrected chi connectivity index (χ1v) is 4.87. The molecule has 0 N–H and O–H groups in total. The topological polar surface area (TPSA) is 0 Å². The Kier molecular flexibility index (Phi) is 2.33. The third kappa shape index (κ3) is 1.99. The van der Waals surface area contributed by atoms with E-state index in [0.29, 0.717) is 20.7 Å². The minimum Gasteiger partial charge on any atom is -0.165 e. The van der Waals surface area contributed by atoms with Crippen molar-refractivity contribution >= 4 is 32.1 Å². The average molecular weight is 194 g/mol. The van der Waals surface area contributed by atoms with Crippen molar-refractivity contribution in [1.29, 1.82) is 0 Å². The molecule has 11 heavy (non-hydrogen) atoms. The van der Waals surface area contributed by atoms with Gasteiger partial charge in [0, 0.05) is 4.88 Å². The van der Waals surface area contributed by atoms with Gasteiger partial charge in [0.15, 0.2) is 0 Å². The highest BCUT2D eigenvalue weighted by Crippen LogP contribution is 2.32. The van der Waals surface area contributed by atoms with Gasteiger partial charge in [0.25, 0.3) is 16.3 Å². The molecule has 0 saturated carbocycles. The summed E-state index contributed by atoms with van der Waals surface area (Å²) in [5.41, 5.74) is 0. The predicted octanol–water partition coefficient (Wildman–Crippen LogP) is 1.33. The van der Waals surface area contributed by atoms with Crippen molar-refractivity contribution in [2.75, 3.05) is 0 Å². The van der Waals surface area contributed by atoms with Gasteiger partial charge in [-0.2, -0.15) is 13.2 Å². The summed E-state index contributed by atoms with van der Waals surface area (Å²) in [5.74, 6) is 0. The quantitative estimate of drug-likeness (QED) is 0.546. The molecule has 1 aromatic rings. The van der Waals surface area contributed by atoms with E-state index in [4.69, 9.17) is 0 Å². The number of thiophene rings is 1. The van der Waals surface area contributed by atoms with Crippen LogP contribution in [0.1, 0.15) is 9.75 Å². The number of aryl methyl sites for hydroxylation is 1. The zero-order valence-electron chi connectivity index (χ0n) is 6.12. The van der Waals surface area contributed by atoms with Crippen LogP contribution in [-0.2, 0) is 6.18 Å². The Hall–Kier alpha value is 0.0225. The Labute approximate surface area is 74.5 Å². The smallest absolute Gasteiger partial charge is 0.165 e. The highest BCUT2D eigenvalue weighted by Gasteiger charge is 2.33. The lowest BCUT2D eigenvalue weighted by Gasteiger charge is -2.03. The SMILES string of the molecule is Cc1c[c]([AlH2])c(C(F)(F)F)s1. The highest BCUT2D eigenvalue weighted by atomic mass is 32.1. The van der Waals surface area contributed by atoms with E-state index in [9.17, 15) is 13.2 Å². The lowest BCUT2D eigenvalue weighted by Crippen LogP contribution is -2.14. The molecule has 1 aromatic heterocycles. The van der Waals surface area contributed by atoms with Gasteiger partial charge in [-0.3, -0.25) is 0 Å². The maximum Gasteiger partial charge on any atom is 0.424 e. The minimum absolute atomic E-state index is 0.415. The zero-order chi connectivity index (χ0) is 8.65. The van der Waals surface area contributed by atoms with Gasteiger partial charge in [0.2, 0.25) is 0 Å². The van der Waals surface area contributed by atoms with Crippen molar-refractivity contribution in [3.63, 3.8) is 0 Å². The number of rotatable bonds is 0. The fourth-order valence-electron chi connectivity index (χ4n) is 0.923. The first kappa shape index (κ1) is 9.11. The van der Waals surface area contributed by atoms with Gasteiger partial charge < -0.3 is 0 Å². The van der Waals surface area contributed by atoms with Crippen molar-refractivity contribution < 1.29 is 13.2 Å². The summed E-state index contributed by atoms with van der Waals surface area (Å²) in [6.07, 6.45) is -4.14. The molecule has 60 valence electrons. The molecule has 0 aliphatic heterocycles. The largest absolute Gasteiger partial charge is 0.424 e. The van der Waals surface area contributed by atoms with Crippen LogP contribution >= 0.6 is 11.3 Å². The van der Waals surface area contributed by atoms with Crippen molar-refractivity contribution in [2.45, 2.75) is 13.1 Å². The van der Waals surface area contributed by atoms with Gasteiger partial charge >= 0.3 is 6.18 Å². The van der Waals surface area contributed by atoms with Gasteiger partial charge in [0.05, 0.1) is 4.88 Å². The fourth-order valence-corrected chi connectivity index (χ4v) is 3.05. The van der Waals surface area contributed by atoms with Gasteiger partial charge in [0.1, 0.15) is 0 Å². The summed E-state index contributed by atoms with van der Waals surface area (Å²) in [5, 5.41) is 0. The standard InChI is InChI=1S/C6H4F3S.Al.2H/c1-4-2-3-5(10-4)6(7,8)9;;;/h2H,1H3;;;. The van der Waals surface area contributed by atoms with Crippen LogP contribution in [0.25, 0.3) is 0 Å². The molecule has 1 heterocycles. The molecule has 0 aromatic carbocycles. The zero-order valence-corrected chi connectivity index (χ0v) is 8.94. The summed E-state index contributed by atoms with van der Waals surface area (Å²) in [7, 11) is 0. The van der Waals surface area contributed by atoms with Gasteiger partial charge in [-0.25, -0.2) is 0 Å². The predicted molar refractivity (Wildman–Crippen MR) is 42.2 cm³/mol. The normalized spacial score (nSPS) is 12.0. The number of alkyl halides is 3. The molecule has 0 aliphatic carbocycles. The van der Waals surface area contributed by atoms with E-state index >= 15 is 0 Å². The summed E-state index contributed by atoms with van der Waals surface area (Å²) < 4.78 is 36.7. The molecule has 0 atom stereocenters. The molecule has 0 nitrogen and oxygen atoms in total. The Morgan fingerprint density at radius 3 is 2.18 bits per heavy atom. The number of hydrogen-bond donors (Lipinski definition) is 0. The lowest BCUT2D eigenvalue weighted by atomic mass is 10.4. The van der Waals surface area contributed by atoms with Gasteiger partial charge in [-0.1, -0.05) is 10.5 Å². The van der Waals surface area contributed by atoms with Crippen molar-refractivity contribution in [2.24, 2.45) is 0 Å². The summed E-state index contributed by atoms with van der Waals surface area (Å²) in [6.45, 7) is 1.70. The first-order chi connectivity index (χ1) is 4.91. The monoisotopic (exact) mass is 194 g/mol. The second-order valence-electron chi connectivity index (χ2n) is 2.37. The van der Waals surface area contributed by atoms with Gasteiger partial charge in [-0.15, -0.1) is 11.3 Å². The van der Waals surface area contributed by atoms with Crippen LogP contribution in [0.3, 0.4) is 0 Å². The maximum atomic E-state index is 12.1. The second kappa shape index (κ2) is 2.82. The lowest BCUT2D eigenvalue weighted by molar-refractivity contribution is -0.133. The van der Waals surface area contributed by atoms with Crippen LogP contribution in [0, 0.1) is 6.92 Å². The molecule has 0 bridgehead atoms. The number of halogens is 3. The molecule has 0 amide bonds. The van der Waals surface area contributed by atoms with Crippen LogP contribution < -0.4 is 4.43 Å². The third-order valence-electron chi connectivity index (χ3n) is 1.30. The molecular formula is C6H6AlF3S. The third-order valence-corrected chi connectivity index (χ3v) is 3.65. The average Bonchev–Trinajstić information content (AvgIpc) is 2.08. The molecular weight excluding hydrogens is 188 g/mol. The molecule has 0 radical (unpaired) electrons. The van der Waals surface area contributed by atoms with E-state index in [-0.39, 0.29) is 0 Å². The van der Waals surface area contributed by atoms with Crippen LogP contribution in [0.2, 0.25) is 0 Å². The minimum atomic E-state index is -4.14. The van der Waals surface area contributed by atoms with Crippen LogP contribution in [-0.4, -0.2) is 16.3 Å². The first-order valence-electron chi connectivity index (χ1n) is 3.05. The molecule has 0 spiro atoms. The van der Waals surface area contributed by atoms with E-state index in [1.54, 1.807) is 13.0 Å². The second-order valence-corrected chi connectivity index (χ2v) is 4.70. The van der Waals surface area contributed by atoms with E-state index < -0.39 is 11.1 Å². The van der Waals surface area contributed by atoms with E-state index in [1.807, 2.05) is 0 Å². The van der Waals surface area contributed by atoms with Crippen LogP contribution in [0.4, 0.5) is 13.2 Å². The van der Waals surface area contributed by atoms with Crippen molar-refractivity contribution in [3.05, 3.63) is 15.8 Å². The van der Waals surface area contributed by atoms with Gasteiger partial charge in [-0.05, 0) is 6.92 Å². The van der Waals surface area contributed by atoms with Crippen LogP contribution in [0.15, 0.2) is 6.07 Å². The summed E-state index contributed by atoms with van der Waals surface area (Å²) in [6, 6.07) is 1.61.